The maximum atomic E-state index is 12.6. The Hall–Kier alpha value is -2.57. The Balaban J connectivity index is 1.76. The van der Waals surface area contributed by atoms with E-state index < -0.39 is 11.7 Å². The Bertz CT molecular complexity index is 727. The van der Waals surface area contributed by atoms with Crippen LogP contribution in [0.4, 0.5) is 4.79 Å². The maximum absolute atomic E-state index is 12.6. The van der Waals surface area contributed by atoms with Crippen LogP contribution in [0.5, 0.6) is 0 Å². The van der Waals surface area contributed by atoms with Crippen molar-refractivity contribution in [2.24, 2.45) is 0 Å². The first-order valence-electron chi connectivity index (χ1n) is 10.2. The Morgan fingerprint density at radius 3 is 2.31 bits per heavy atom. The molecular formula is C22H33N3O4. The van der Waals surface area contributed by atoms with Crippen LogP contribution in [0.25, 0.3) is 0 Å². The Morgan fingerprint density at radius 1 is 1.03 bits per heavy atom. The SMILES string of the molecule is Cc1cccc(CCC(=O)N2CCCN(C(=O)CNC(=O)OC(C)(C)C)CC2)c1. The summed E-state index contributed by atoms with van der Waals surface area (Å²) < 4.78 is 5.15. The number of alkyl carbamates (subject to hydrolysis) is 1. The van der Waals surface area contributed by atoms with Gasteiger partial charge in [-0.25, -0.2) is 4.79 Å². The van der Waals surface area contributed by atoms with Crippen molar-refractivity contribution in [1.82, 2.24) is 15.1 Å². The van der Waals surface area contributed by atoms with Gasteiger partial charge in [-0.2, -0.15) is 0 Å². The van der Waals surface area contributed by atoms with Crippen LogP contribution < -0.4 is 5.32 Å². The van der Waals surface area contributed by atoms with Crippen LogP contribution in [0.15, 0.2) is 24.3 Å². The summed E-state index contributed by atoms with van der Waals surface area (Å²) in [5.41, 5.74) is 1.76. The van der Waals surface area contributed by atoms with Crippen molar-refractivity contribution in [3.8, 4) is 0 Å². The predicted octanol–water partition coefficient (Wildman–Crippen LogP) is 2.51. The second kappa shape index (κ2) is 10.3. The fraction of sp³-hybridized carbons (Fsp3) is 0.591. The van der Waals surface area contributed by atoms with E-state index in [9.17, 15) is 14.4 Å². The lowest BCUT2D eigenvalue weighted by molar-refractivity contribution is -0.133. The molecule has 160 valence electrons. The van der Waals surface area contributed by atoms with Gasteiger partial charge < -0.3 is 19.9 Å². The molecule has 7 heteroatoms. The number of rotatable bonds is 5. The van der Waals surface area contributed by atoms with Gasteiger partial charge in [-0.15, -0.1) is 0 Å². The number of nitrogens with one attached hydrogen (secondary N) is 1. The molecular weight excluding hydrogens is 370 g/mol. The molecule has 0 spiro atoms. The van der Waals surface area contributed by atoms with E-state index >= 15 is 0 Å². The van der Waals surface area contributed by atoms with Crippen molar-refractivity contribution >= 4 is 17.9 Å². The topological polar surface area (TPSA) is 79.0 Å². The summed E-state index contributed by atoms with van der Waals surface area (Å²) >= 11 is 0. The molecule has 1 aliphatic rings. The highest BCUT2D eigenvalue weighted by molar-refractivity contribution is 5.82. The molecule has 2 rings (SSSR count). The van der Waals surface area contributed by atoms with E-state index in [1.165, 1.54) is 5.56 Å². The molecule has 3 amide bonds. The van der Waals surface area contributed by atoms with Crippen molar-refractivity contribution in [3.05, 3.63) is 35.4 Å². The average molecular weight is 404 g/mol. The molecule has 0 atom stereocenters. The van der Waals surface area contributed by atoms with E-state index in [1.807, 2.05) is 30.0 Å². The lowest BCUT2D eigenvalue weighted by Crippen LogP contribution is -2.43. The molecule has 29 heavy (non-hydrogen) atoms. The zero-order valence-electron chi connectivity index (χ0n) is 18.0. The monoisotopic (exact) mass is 403 g/mol. The van der Waals surface area contributed by atoms with Crippen LogP contribution in [0.2, 0.25) is 0 Å². The maximum Gasteiger partial charge on any atom is 0.408 e. The van der Waals surface area contributed by atoms with Gasteiger partial charge in [0, 0.05) is 32.6 Å². The third-order valence-electron chi connectivity index (χ3n) is 4.69. The number of ether oxygens (including phenoxy) is 1. The van der Waals surface area contributed by atoms with Crippen molar-refractivity contribution in [2.75, 3.05) is 32.7 Å². The molecule has 1 aliphatic heterocycles. The molecule has 0 saturated carbocycles. The summed E-state index contributed by atoms with van der Waals surface area (Å²) in [6, 6.07) is 8.20. The highest BCUT2D eigenvalue weighted by atomic mass is 16.6. The molecule has 0 aliphatic carbocycles. The number of carbonyl (C=O) groups is 3. The first-order valence-corrected chi connectivity index (χ1v) is 10.2. The van der Waals surface area contributed by atoms with E-state index in [-0.39, 0.29) is 18.4 Å². The number of hydrogen-bond acceptors (Lipinski definition) is 4. The van der Waals surface area contributed by atoms with Crippen molar-refractivity contribution in [1.29, 1.82) is 0 Å². The third-order valence-corrected chi connectivity index (χ3v) is 4.69. The van der Waals surface area contributed by atoms with Gasteiger partial charge in [-0.1, -0.05) is 29.8 Å². The van der Waals surface area contributed by atoms with E-state index in [1.54, 1.807) is 25.7 Å². The average Bonchev–Trinajstić information content (AvgIpc) is 2.89. The predicted molar refractivity (Wildman–Crippen MR) is 112 cm³/mol. The van der Waals surface area contributed by atoms with Gasteiger partial charge in [-0.3, -0.25) is 9.59 Å². The molecule has 1 saturated heterocycles. The van der Waals surface area contributed by atoms with Crippen LogP contribution in [-0.2, 0) is 20.7 Å². The molecule has 0 aromatic heterocycles. The summed E-state index contributed by atoms with van der Waals surface area (Å²) in [6.07, 6.45) is 1.32. The zero-order valence-corrected chi connectivity index (χ0v) is 18.0. The fourth-order valence-corrected chi connectivity index (χ4v) is 3.27. The summed E-state index contributed by atoms with van der Waals surface area (Å²) in [4.78, 5) is 40.2. The second-order valence-corrected chi connectivity index (χ2v) is 8.46. The van der Waals surface area contributed by atoms with Gasteiger partial charge in [-0.05, 0) is 46.1 Å². The van der Waals surface area contributed by atoms with E-state index in [4.69, 9.17) is 4.74 Å². The standard InChI is InChI=1S/C22H33N3O4/c1-17-7-5-8-18(15-17)9-10-19(26)24-11-6-12-25(14-13-24)20(27)16-23-21(28)29-22(2,3)4/h5,7-8,15H,6,9-14,16H2,1-4H3,(H,23,28). The highest BCUT2D eigenvalue weighted by Gasteiger charge is 2.23. The van der Waals surface area contributed by atoms with Crippen molar-refractivity contribution in [2.45, 2.75) is 52.6 Å². The van der Waals surface area contributed by atoms with E-state index in [0.717, 1.165) is 18.4 Å². The normalized spacial score (nSPS) is 14.9. The Kier molecular flexibility index (Phi) is 8.05. The number of nitrogens with zero attached hydrogens (tertiary/aromatic N) is 2. The van der Waals surface area contributed by atoms with Crippen LogP contribution >= 0.6 is 0 Å². The molecule has 1 N–H and O–H groups in total. The second-order valence-electron chi connectivity index (χ2n) is 8.46. The lowest BCUT2D eigenvalue weighted by atomic mass is 10.1. The number of aryl methyl sites for hydroxylation is 2. The number of amides is 3. The fourth-order valence-electron chi connectivity index (χ4n) is 3.27. The molecule has 0 unspecified atom stereocenters. The molecule has 0 bridgehead atoms. The van der Waals surface area contributed by atoms with Gasteiger partial charge in [0.25, 0.3) is 0 Å². The van der Waals surface area contributed by atoms with Gasteiger partial charge in [0.1, 0.15) is 12.1 Å². The molecule has 1 aromatic carbocycles. The first-order chi connectivity index (χ1) is 13.6. The highest BCUT2D eigenvalue weighted by Crippen LogP contribution is 2.10. The van der Waals surface area contributed by atoms with E-state index in [0.29, 0.717) is 32.6 Å². The van der Waals surface area contributed by atoms with Crippen LogP contribution in [0, 0.1) is 6.92 Å². The minimum atomic E-state index is -0.603. The van der Waals surface area contributed by atoms with Crippen LogP contribution in [0.1, 0.15) is 44.7 Å². The van der Waals surface area contributed by atoms with Gasteiger partial charge in [0.05, 0.1) is 0 Å². The van der Waals surface area contributed by atoms with Gasteiger partial charge >= 0.3 is 6.09 Å². The minimum Gasteiger partial charge on any atom is -0.444 e. The quantitative estimate of drug-likeness (QED) is 0.819. The van der Waals surface area contributed by atoms with Gasteiger partial charge in [0.15, 0.2) is 0 Å². The smallest absolute Gasteiger partial charge is 0.408 e. The summed E-state index contributed by atoms with van der Waals surface area (Å²) in [7, 11) is 0. The summed E-state index contributed by atoms with van der Waals surface area (Å²) in [6.45, 7) is 9.48. The van der Waals surface area contributed by atoms with Crippen LogP contribution in [0.3, 0.4) is 0 Å². The third kappa shape index (κ3) is 8.13. The minimum absolute atomic E-state index is 0.101. The zero-order chi connectivity index (χ0) is 21.4. The molecule has 1 heterocycles. The summed E-state index contributed by atoms with van der Waals surface area (Å²) in [5.74, 6) is -0.0439. The molecule has 1 aromatic rings. The van der Waals surface area contributed by atoms with Crippen LogP contribution in [-0.4, -0.2) is 66.0 Å². The summed E-state index contributed by atoms with van der Waals surface area (Å²) in [5, 5.41) is 2.50. The van der Waals surface area contributed by atoms with Crippen molar-refractivity contribution in [3.63, 3.8) is 0 Å². The van der Waals surface area contributed by atoms with Gasteiger partial charge in [0.2, 0.25) is 11.8 Å². The van der Waals surface area contributed by atoms with E-state index in [2.05, 4.69) is 11.4 Å². The first kappa shape index (κ1) is 22.7. The molecule has 7 nitrogen and oxygen atoms in total. The number of hydrogen-bond donors (Lipinski definition) is 1. The molecule has 1 fully saturated rings. The Morgan fingerprint density at radius 2 is 1.69 bits per heavy atom. The number of carbonyl (C=O) groups excluding carboxylic acids is 3. The van der Waals surface area contributed by atoms with Crippen molar-refractivity contribution < 1.29 is 19.1 Å². The lowest BCUT2D eigenvalue weighted by Gasteiger charge is -2.23. The Labute approximate surface area is 173 Å². The molecule has 0 radical (unpaired) electrons. The number of benzene rings is 1. The largest absolute Gasteiger partial charge is 0.444 e.